The van der Waals surface area contributed by atoms with Crippen LogP contribution in [0.5, 0.6) is 0 Å². The molecule has 0 aliphatic heterocycles. The van der Waals surface area contributed by atoms with Crippen LogP contribution in [0, 0.1) is 0 Å². The molecule has 0 rings (SSSR count). The van der Waals surface area contributed by atoms with Crippen molar-refractivity contribution in [3.05, 3.63) is 0 Å². The van der Waals surface area contributed by atoms with Crippen molar-refractivity contribution >= 4 is 11.0 Å². The SMILES string of the molecule is [O]=[Ti]=[O].[O]=[Zr].[SiH4]. The van der Waals surface area contributed by atoms with Crippen molar-refractivity contribution in [3.8, 4) is 0 Å². The van der Waals surface area contributed by atoms with Gasteiger partial charge in [-0.1, -0.05) is 0 Å². The van der Waals surface area contributed by atoms with Gasteiger partial charge in [-0.2, -0.15) is 0 Å². The Bertz CT molecular complexity index is 40.1. The first-order valence-electron chi connectivity index (χ1n) is 0.612. The predicted octanol–water partition coefficient (Wildman–Crippen LogP) is -1.81. The molecule has 0 radical (unpaired) electrons. The Morgan fingerprint density at radius 1 is 1.17 bits per heavy atom. The first-order valence-corrected chi connectivity index (χ1v) is 2.89. The van der Waals surface area contributed by atoms with E-state index in [4.69, 9.17) is 9.46 Å². The molecule has 0 atom stereocenters. The molecule has 0 unspecified atom stereocenters. The Hall–Kier alpha value is 1.21. The van der Waals surface area contributed by atoms with E-state index < -0.39 is 19.1 Å². The number of hydrogen-bond donors (Lipinski definition) is 0. The van der Waals surface area contributed by atoms with Gasteiger partial charge < -0.3 is 0 Å². The van der Waals surface area contributed by atoms with E-state index in [9.17, 15) is 0 Å². The molecule has 0 bridgehead atoms. The van der Waals surface area contributed by atoms with Gasteiger partial charge in [-0.3, -0.25) is 0 Å². The summed E-state index contributed by atoms with van der Waals surface area (Å²) >= 11 is -1.70. The molecule has 3 nitrogen and oxygen atoms in total. The van der Waals surface area contributed by atoms with Gasteiger partial charge in [0.05, 0.1) is 0 Å². The summed E-state index contributed by atoms with van der Waals surface area (Å²) in [7, 11) is 0. The Morgan fingerprint density at radius 2 is 1.17 bits per heavy atom. The molecule has 0 aromatic carbocycles. The second kappa shape index (κ2) is 34.5. The third-order valence-electron chi connectivity index (χ3n) is 0. The largest absolute Gasteiger partial charge is 0.0149 e. The van der Waals surface area contributed by atoms with Crippen molar-refractivity contribution in [2.45, 2.75) is 0 Å². The molecule has 0 amide bonds. The summed E-state index contributed by atoms with van der Waals surface area (Å²) in [6.07, 6.45) is 0. The zero-order valence-corrected chi connectivity index (χ0v) is 6.24. The van der Waals surface area contributed by atoms with Gasteiger partial charge in [-0.05, 0) is 11.0 Å². The van der Waals surface area contributed by atoms with Crippen LogP contribution in [0.3, 0.4) is 0 Å². The van der Waals surface area contributed by atoms with Crippen molar-refractivity contribution in [1.29, 1.82) is 0 Å². The van der Waals surface area contributed by atoms with E-state index in [0.717, 1.165) is 0 Å². The minimum absolute atomic E-state index is 0. The van der Waals surface area contributed by atoms with Crippen molar-refractivity contribution in [2.75, 3.05) is 0 Å². The topological polar surface area (TPSA) is 51.2 Å². The molecular formula is H4O3SiTiZr. The average molecular weight is 219 g/mol. The van der Waals surface area contributed by atoms with Crippen LogP contribution in [0.1, 0.15) is 0 Å². The van der Waals surface area contributed by atoms with Crippen LogP contribution in [0.15, 0.2) is 0 Å². The molecule has 0 aliphatic rings. The van der Waals surface area contributed by atoms with Gasteiger partial charge in [0.2, 0.25) is 0 Å². The van der Waals surface area contributed by atoms with Gasteiger partial charge in [-0.15, -0.1) is 0 Å². The van der Waals surface area contributed by atoms with Gasteiger partial charge in [0.25, 0.3) is 0 Å². The van der Waals surface area contributed by atoms with Crippen LogP contribution >= 0.6 is 0 Å². The van der Waals surface area contributed by atoms with Gasteiger partial charge >= 0.3 is 53.3 Å². The molecule has 0 fully saturated rings. The summed E-state index contributed by atoms with van der Waals surface area (Å²) in [6.45, 7) is 0. The Kier molecular flexibility index (Phi) is 90.1. The number of hydrogen-bond acceptors (Lipinski definition) is 3. The van der Waals surface area contributed by atoms with Gasteiger partial charge in [0, 0.05) is 0 Å². The first kappa shape index (κ1) is 15.7. The summed E-state index contributed by atoms with van der Waals surface area (Å²) in [6, 6.07) is 0. The van der Waals surface area contributed by atoms with E-state index in [1.807, 2.05) is 0 Å². The standard InChI is InChI=1S/3O.H4Si.Ti.Zr/h;;;1H4;;. The molecular weight excluding hydrogens is 215 g/mol. The molecule has 6 heavy (non-hydrogen) atoms. The molecule has 0 spiro atoms. The van der Waals surface area contributed by atoms with Gasteiger partial charge in [0.1, 0.15) is 0 Å². The molecule has 0 saturated heterocycles. The maximum absolute atomic E-state index is 8.50. The van der Waals surface area contributed by atoms with E-state index in [2.05, 4.69) is 0 Å². The molecule has 0 heterocycles. The van der Waals surface area contributed by atoms with E-state index in [-0.39, 0.29) is 11.0 Å². The summed E-state index contributed by atoms with van der Waals surface area (Å²) in [4.78, 5) is 0. The van der Waals surface area contributed by atoms with Crippen molar-refractivity contribution in [1.82, 2.24) is 0 Å². The minimum atomic E-state index is -2.00. The monoisotopic (exact) mass is 218 g/mol. The van der Waals surface area contributed by atoms with E-state index in [1.165, 1.54) is 0 Å². The van der Waals surface area contributed by atoms with E-state index >= 15 is 0 Å². The van der Waals surface area contributed by atoms with Crippen LogP contribution in [0.4, 0.5) is 0 Å². The van der Waals surface area contributed by atoms with Crippen LogP contribution in [0.25, 0.3) is 0 Å². The minimum Gasteiger partial charge on any atom is -0.0149 e. The fourth-order valence-electron chi connectivity index (χ4n) is 0. The van der Waals surface area contributed by atoms with Crippen LogP contribution in [0.2, 0.25) is 0 Å². The molecule has 0 aromatic rings. The summed E-state index contributed by atoms with van der Waals surface area (Å²) in [5.74, 6) is 0. The van der Waals surface area contributed by atoms with Crippen LogP contribution in [-0.4, -0.2) is 11.0 Å². The molecule has 0 aliphatic carbocycles. The summed E-state index contributed by atoms with van der Waals surface area (Å²) in [5, 5.41) is 0. The summed E-state index contributed by atoms with van der Waals surface area (Å²) < 4.78 is 25.3. The zero-order chi connectivity index (χ0) is 4.71. The first-order chi connectivity index (χ1) is 2.41. The quantitative estimate of drug-likeness (QED) is 0.451. The zero-order valence-electron chi connectivity index (χ0n) is 2.22. The molecule has 34 valence electrons. The molecule has 0 N–H and O–H groups in total. The van der Waals surface area contributed by atoms with Crippen LogP contribution < -0.4 is 0 Å². The average Bonchev–Trinajstić information content (AvgIpc) is 1.46. The van der Waals surface area contributed by atoms with Crippen molar-refractivity contribution in [2.24, 2.45) is 0 Å². The molecule has 0 aromatic heterocycles. The third kappa shape index (κ3) is 62.8. The van der Waals surface area contributed by atoms with Crippen LogP contribution in [-0.2, 0) is 53.3 Å². The predicted molar refractivity (Wildman–Crippen MR) is 13.4 cm³/mol. The fraction of sp³-hybridized carbons (Fsp3) is 0. The Balaban J connectivity index is -0.0000000275. The second-order valence-electron chi connectivity index (χ2n) is 0.0833. The van der Waals surface area contributed by atoms with Gasteiger partial charge in [-0.25, -0.2) is 0 Å². The Labute approximate surface area is 63.8 Å². The van der Waals surface area contributed by atoms with Gasteiger partial charge in [0.15, 0.2) is 0 Å². The number of rotatable bonds is 0. The van der Waals surface area contributed by atoms with Crippen molar-refractivity contribution < 1.29 is 53.3 Å². The smallest absolute Gasteiger partial charge is 0.0149 e. The van der Waals surface area contributed by atoms with Crippen molar-refractivity contribution in [3.63, 3.8) is 0 Å². The molecule has 0 saturated carbocycles. The second-order valence-corrected chi connectivity index (χ2v) is 0.344. The normalized spacial score (nSPS) is 1.83. The van der Waals surface area contributed by atoms with E-state index in [0.29, 0.717) is 24.7 Å². The summed E-state index contributed by atoms with van der Waals surface area (Å²) in [5.41, 5.74) is 0. The third-order valence-corrected chi connectivity index (χ3v) is 0. The molecule has 6 heteroatoms. The van der Waals surface area contributed by atoms with E-state index in [1.54, 1.807) is 0 Å². The maximum atomic E-state index is 8.50. The maximum Gasteiger partial charge on any atom is -0.0149 e. The Morgan fingerprint density at radius 3 is 1.17 bits per heavy atom. The fourth-order valence-corrected chi connectivity index (χ4v) is 0.